The first-order valence-electron chi connectivity index (χ1n) is 8.03. The first-order chi connectivity index (χ1) is 12.3. The second-order valence-electron chi connectivity index (χ2n) is 4.54. The van der Waals surface area contributed by atoms with Crippen molar-refractivity contribution in [1.82, 2.24) is 0 Å². The number of rotatable bonds is 14. The van der Waals surface area contributed by atoms with E-state index in [9.17, 15) is 0 Å². The van der Waals surface area contributed by atoms with Gasteiger partial charge in [-0.25, -0.2) is 0 Å². The fraction of sp³-hybridized carbons (Fsp3) is 0.556. The molecule has 25 heavy (non-hydrogen) atoms. The summed E-state index contributed by atoms with van der Waals surface area (Å²) in [6.07, 6.45) is 5.05. The number of hydrogen-bond acceptors (Lipinski definition) is 6. The maximum Gasteiger partial charge on any atom is 0.107 e. The average molecular weight is 418 g/mol. The van der Waals surface area contributed by atoms with Crippen molar-refractivity contribution < 1.29 is 22.8 Å². The molecule has 0 heterocycles. The Balaban J connectivity index is 0.00000178. The highest BCUT2D eigenvalue weighted by Crippen LogP contribution is 2.03. The summed E-state index contributed by atoms with van der Waals surface area (Å²) in [5.74, 6) is 2.40. The highest BCUT2D eigenvalue weighted by Gasteiger charge is 1.93. The van der Waals surface area contributed by atoms with Gasteiger partial charge in [-0.05, 0) is 12.1 Å². The van der Waals surface area contributed by atoms with E-state index in [-0.39, 0.29) is 0 Å². The van der Waals surface area contributed by atoms with E-state index in [0.717, 1.165) is 12.2 Å². The zero-order valence-corrected chi connectivity index (χ0v) is 16.3. The summed E-state index contributed by atoms with van der Waals surface area (Å²) >= 11 is 2.65. The molecule has 0 aliphatic rings. The van der Waals surface area contributed by atoms with Gasteiger partial charge in [0.25, 0.3) is 0 Å². The van der Waals surface area contributed by atoms with Gasteiger partial charge in [-0.2, -0.15) is 0 Å². The third kappa shape index (κ3) is 19.0. The average Bonchev–Trinajstić information content (AvgIpc) is 2.63. The van der Waals surface area contributed by atoms with Crippen LogP contribution in [0, 0.1) is 12.3 Å². The summed E-state index contributed by atoms with van der Waals surface area (Å²) < 4.78 is 25.3. The zero-order chi connectivity index (χ0) is 18.4. The van der Waals surface area contributed by atoms with E-state index < -0.39 is 0 Å². The van der Waals surface area contributed by atoms with Crippen LogP contribution in [0.5, 0.6) is 0 Å². The van der Waals surface area contributed by atoms with Crippen LogP contribution >= 0.6 is 16.3 Å². The lowest BCUT2D eigenvalue weighted by atomic mass is 10.3. The Labute approximate surface area is 159 Å². The van der Waals surface area contributed by atoms with Crippen LogP contribution in [0.25, 0.3) is 0 Å². The van der Waals surface area contributed by atoms with Crippen molar-refractivity contribution in [2.45, 2.75) is 0 Å². The molecular weight excluding hydrogens is 390 g/mol. The topological polar surface area (TPSA) is 58.2 Å². The fourth-order valence-electron chi connectivity index (χ4n) is 1.61. The molecule has 0 aliphatic heterocycles. The van der Waals surface area contributed by atoms with Crippen molar-refractivity contribution in [1.29, 1.82) is 0 Å². The quantitative estimate of drug-likeness (QED) is 0.371. The van der Waals surface area contributed by atoms with Gasteiger partial charge in [-0.3, -0.25) is 0 Å². The summed E-state index contributed by atoms with van der Waals surface area (Å²) in [7, 11) is 1.54. The Bertz CT molecular complexity index is 414. The Morgan fingerprint density at radius 3 is 1.88 bits per heavy atom. The van der Waals surface area contributed by atoms with Crippen LogP contribution in [0.1, 0.15) is 0 Å². The van der Waals surface area contributed by atoms with Gasteiger partial charge in [0.15, 0.2) is 0 Å². The minimum Gasteiger partial charge on any atom is -0.383 e. The van der Waals surface area contributed by atoms with Crippen molar-refractivity contribution in [2.24, 2.45) is 0 Å². The number of anilines is 1. The Hall–Kier alpha value is -1.14. The number of benzene rings is 1. The van der Waals surface area contributed by atoms with Crippen LogP contribution < -0.4 is 5.32 Å². The lowest BCUT2D eigenvalue weighted by molar-refractivity contribution is 0.00248. The molecule has 6 nitrogen and oxygen atoms in total. The first kappa shape index (κ1) is 23.9. The third-order valence-electron chi connectivity index (χ3n) is 2.65. The van der Waals surface area contributed by atoms with E-state index in [4.69, 9.17) is 25.4 Å². The normalized spacial score (nSPS) is 9.80. The summed E-state index contributed by atoms with van der Waals surface area (Å²) in [5, 5.41) is 3.27. The number of hydrogen-bond donors (Lipinski definition) is 1. The van der Waals surface area contributed by atoms with Crippen LogP contribution in [0.15, 0.2) is 30.3 Å². The predicted molar refractivity (Wildman–Crippen MR) is 103 cm³/mol. The van der Waals surface area contributed by atoms with Crippen molar-refractivity contribution in [2.75, 3.05) is 71.8 Å². The monoisotopic (exact) mass is 417 g/mol. The van der Waals surface area contributed by atoms with Crippen molar-refractivity contribution in [3.05, 3.63) is 30.3 Å². The standard InChI is InChI=1S/C17H25NO4.CH3BrO/c1-2-9-19-11-13-21-15-16-22-14-12-20-10-8-18-17-6-4-3-5-7-17;1-3-2/h1,3-7,18H,8-16H2;1H3. The lowest BCUT2D eigenvalue weighted by Crippen LogP contribution is -2.14. The molecule has 0 amide bonds. The second kappa shape index (κ2) is 20.9. The second-order valence-corrected chi connectivity index (χ2v) is 5.19. The Morgan fingerprint density at radius 2 is 1.36 bits per heavy atom. The van der Waals surface area contributed by atoms with Crippen molar-refractivity contribution in [3.8, 4) is 12.3 Å². The molecule has 0 bridgehead atoms. The molecule has 0 aromatic heterocycles. The minimum absolute atomic E-state index is 0.330. The molecule has 0 radical (unpaired) electrons. The maximum absolute atomic E-state index is 5.46. The molecule has 1 N–H and O–H groups in total. The number of para-hydroxylation sites is 1. The van der Waals surface area contributed by atoms with Crippen molar-refractivity contribution >= 4 is 21.9 Å². The molecule has 7 heteroatoms. The first-order valence-corrected chi connectivity index (χ1v) is 8.68. The van der Waals surface area contributed by atoms with Gasteiger partial charge in [-0.1, -0.05) is 24.1 Å². The predicted octanol–water partition coefficient (Wildman–Crippen LogP) is 2.74. The third-order valence-corrected chi connectivity index (χ3v) is 2.65. The largest absolute Gasteiger partial charge is 0.383 e. The lowest BCUT2D eigenvalue weighted by Gasteiger charge is -2.08. The van der Waals surface area contributed by atoms with Crippen LogP contribution in [-0.4, -0.2) is 66.5 Å². The molecule has 1 aromatic rings. The van der Waals surface area contributed by atoms with Gasteiger partial charge in [0.05, 0.1) is 69.6 Å². The van der Waals surface area contributed by atoms with E-state index in [1.54, 1.807) is 7.11 Å². The van der Waals surface area contributed by atoms with Gasteiger partial charge < -0.3 is 28.1 Å². The van der Waals surface area contributed by atoms with Crippen LogP contribution in [0.4, 0.5) is 5.69 Å². The molecule has 0 aliphatic carbocycles. The summed E-state index contributed by atoms with van der Waals surface area (Å²) in [4.78, 5) is 0. The van der Waals surface area contributed by atoms with Gasteiger partial charge in [-0.15, -0.1) is 6.42 Å². The Morgan fingerprint density at radius 1 is 0.880 bits per heavy atom. The van der Waals surface area contributed by atoms with E-state index >= 15 is 0 Å². The van der Waals surface area contributed by atoms with E-state index in [2.05, 4.69) is 31.3 Å². The summed E-state index contributed by atoms with van der Waals surface area (Å²) in [6.45, 7) is 5.08. The molecule has 142 valence electrons. The minimum atomic E-state index is 0.330. The Kier molecular flexibility index (Phi) is 20.0. The molecule has 1 aromatic carbocycles. The van der Waals surface area contributed by atoms with Crippen molar-refractivity contribution in [3.63, 3.8) is 0 Å². The highest BCUT2D eigenvalue weighted by atomic mass is 79.9. The van der Waals surface area contributed by atoms with Crippen LogP contribution in [0.3, 0.4) is 0 Å². The molecule has 0 saturated heterocycles. The van der Waals surface area contributed by atoms with E-state index in [0.29, 0.717) is 52.9 Å². The van der Waals surface area contributed by atoms with E-state index in [1.165, 1.54) is 0 Å². The molecule has 0 saturated carbocycles. The molecule has 0 atom stereocenters. The van der Waals surface area contributed by atoms with Crippen LogP contribution in [0.2, 0.25) is 0 Å². The molecule has 1 rings (SSSR count). The SMILES string of the molecule is C#CCOCCOCCOCCOCCNc1ccccc1.COBr. The number of terminal acetylenes is 1. The van der Waals surface area contributed by atoms with Crippen LogP contribution in [-0.2, 0) is 22.8 Å². The zero-order valence-electron chi connectivity index (χ0n) is 14.7. The molecule has 0 fully saturated rings. The molecule has 0 unspecified atom stereocenters. The molecular formula is C18H28BrNO5. The number of halogens is 1. The van der Waals surface area contributed by atoms with Gasteiger partial charge >= 0.3 is 0 Å². The smallest absolute Gasteiger partial charge is 0.107 e. The summed E-state index contributed by atoms with van der Waals surface area (Å²) in [5.41, 5.74) is 1.10. The molecule has 0 spiro atoms. The summed E-state index contributed by atoms with van der Waals surface area (Å²) in [6, 6.07) is 10.1. The van der Waals surface area contributed by atoms with Gasteiger partial charge in [0, 0.05) is 12.2 Å². The fourth-order valence-corrected chi connectivity index (χ4v) is 1.61. The maximum atomic E-state index is 5.46. The number of ether oxygens (including phenoxy) is 4. The number of nitrogens with one attached hydrogen (secondary N) is 1. The van der Waals surface area contributed by atoms with Gasteiger partial charge in [0.1, 0.15) is 6.61 Å². The van der Waals surface area contributed by atoms with Gasteiger partial charge in [0.2, 0.25) is 0 Å². The van der Waals surface area contributed by atoms with E-state index in [1.807, 2.05) is 30.3 Å². The highest BCUT2D eigenvalue weighted by molar-refractivity contribution is 9.06.